The number of aromatic nitrogens is 2. The zero-order valence-electron chi connectivity index (χ0n) is 15.2. The number of hydrogen-bond donors (Lipinski definition) is 1. The fourth-order valence-corrected chi connectivity index (χ4v) is 3.37. The molecule has 1 aromatic heterocycles. The number of nitrogens with zero attached hydrogens (tertiary/aromatic N) is 4. The summed E-state index contributed by atoms with van der Waals surface area (Å²) in [6, 6.07) is 1.98. The summed E-state index contributed by atoms with van der Waals surface area (Å²) in [6.07, 6.45) is 2.53. The molecule has 0 aromatic carbocycles. The highest BCUT2D eigenvalue weighted by molar-refractivity contribution is 5.84. The number of hydrogen-bond acceptors (Lipinski definition) is 4. The highest BCUT2D eigenvalue weighted by atomic mass is 16.5. The molecule has 1 saturated heterocycles. The Morgan fingerprint density at radius 3 is 2.84 bits per heavy atom. The van der Waals surface area contributed by atoms with Crippen LogP contribution in [0.25, 0.3) is 0 Å². The predicted octanol–water partition coefficient (Wildman–Crippen LogP) is 0.956. The Morgan fingerprint density at radius 1 is 1.36 bits per heavy atom. The van der Waals surface area contributed by atoms with Crippen molar-refractivity contribution in [3.63, 3.8) is 0 Å². The molecule has 8 nitrogen and oxygen atoms in total. The smallest absolute Gasteiger partial charge is 0.319 e. The van der Waals surface area contributed by atoms with Crippen LogP contribution in [0.2, 0.25) is 0 Å². The second kappa shape index (κ2) is 7.03. The summed E-state index contributed by atoms with van der Waals surface area (Å²) >= 11 is 0. The molecule has 1 aromatic rings. The summed E-state index contributed by atoms with van der Waals surface area (Å²) in [4.78, 5) is 28.0. The van der Waals surface area contributed by atoms with Crippen LogP contribution >= 0.6 is 0 Å². The van der Waals surface area contributed by atoms with Gasteiger partial charge in [0.1, 0.15) is 5.60 Å². The Hall–Kier alpha value is -2.09. The Morgan fingerprint density at radius 2 is 2.16 bits per heavy atom. The van der Waals surface area contributed by atoms with E-state index in [0.29, 0.717) is 19.7 Å². The lowest BCUT2D eigenvalue weighted by atomic mass is 10.0. The molecule has 0 saturated carbocycles. The first-order chi connectivity index (χ1) is 11.9. The van der Waals surface area contributed by atoms with Gasteiger partial charge >= 0.3 is 6.03 Å². The first kappa shape index (κ1) is 17.7. The van der Waals surface area contributed by atoms with Crippen molar-refractivity contribution in [3.8, 4) is 0 Å². The summed E-state index contributed by atoms with van der Waals surface area (Å²) in [7, 11) is 3.52. The molecule has 1 fully saturated rings. The second-order valence-electron chi connectivity index (χ2n) is 7.17. The molecule has 1 atom stereocenters. The standard InChI is InChI=1S/C17H27N5O3/c1-17(6-4-9-25-17)15(23)18-11-13-10-14-12-21(16(24)20(2)3)7-5-8-22(14)19-13/h10H,4-9,11-12H2,1-3H3,(H,18,23)/t17-/m0/s1. The molecule has 25 heavy (non-hydrogen) atoms. The molecule has 0 spiro atoms. The van der Waals surface area contributed by atoms with E-state index in [1.807, 2.05) is 22.6 Å². The summed E-state index contributed by atoms with van der Waals surface area (Å²) in [5.41, 5.74) is 1.09. The first-order valence-electron chi connectivity index (χ1n) is 8.83. The van der Waals surface area contributed by atoms with E-state index in [9.17, 15) is 9.59 Å². The van der Waals surface area contributed by atoms with Crippen LogP contribution in [0.4, 0.5) is 4.79 Å². The Bertz CT molecular complexity index is 649. The summed E-state index contributed by atoms with van der Waals surface area (Å²) in [6.45, 7) is 4.89. The lowest BCUT2D eigenvalue weighted by Crippen LogP contribution is -2.43. The summed E-state index contributed by atoms with van der Waals surface area (Å²) < 4.78 is 7.51. The van der Waals surface area contributed by atoms with E-state index in [-0.39, 0.29) is 11.9 Å². The number of urea groups is 1. The minimum absolute atomic E-state index is 0.0100. The van der Waals surface area contributed by atoms with Crippen molar-refractivity contribution in [3.05, 3.63) is 17.5 Å². The average Bonchev–Trinajstić information content (AvgIpc) is 3.13. The van der Waals surface area contributed by atoms with Gasteiger partial charge in [0.2, 0.25) is 0 Å². The van der Waals surface area contributed by atoms with E-state index in [1.165, 1.54) is 0 Å². The number of aryl methyl sites for hydroxylation is 1. The molecule has 3 heterocycles. The molecule has 2 aliphatic rings. The predicted molar refractivity (Wildman–Crippen MR) is 91.8 cm³/mol. The zero-order chi connectivity index (χ0) is 18.0. The third-order valence-electron chi connectivity index (χ3n) is 4.85. The highest BCUT2D eigenvalue weighted by Crippen LogP contribution is 2.25. The topological polar surface area (TPSA) is 79.7 Å². The molecular weight excluding hydrogens is 322 g/mol. The maximum absolute atomic E-state index is 12.3. The number of carbonyl (C=O) groups is 2. The van der Waals surface area contributed by atoms with Crippen molar-refractivity contribution in [1.82, 2.24) is 24.9 Å². The van der Waals surface area contributed by atoms with Gasteiger partial charge in [-0.25, -0.2) is 4.79 Å². The monoisotopic (exact) mass is 349 g/mol. The fourth-order valence-electron chi connectivity index (χ4n) is 3.37. The van der Waals surface area contributed by atoms with Gasteiger partial charge < -0.3 is 19.9 Å². The van der Waals surface area contributed by atoms with E-state index in [0.717, 1.165) is 43.7 Å². The average molecular weight is 349 g/mol. The SMILES string of the molecule is CN(C)C(=O)N1CCCn2nc(CNC(=O)[C@]3(C)CCCO3)cc2C1. The van der Waals surface area contributed by atoms with Crippen LogP contribution in [0, 0.1) is 0 Å². The number of nitrogens with one attached hydrogen (secondary N) is 1. The van der Waals surface area contributed by atoms with Crippen molar-refractivity contribution in [2.24, 2.45) is 0 Å². The number of rotatable bonds is 3. The van der Waals surface area contributed by atoms with Crippen LogP contribution < -0.4 is 5.32 Å². The van der Waals surface area contributed by atoms with Crippen molar-refractivity contribution in [2.75, 3.05) is 27.2 Å². The number of amides is 3. The molecule has 0 radical (unpaired) electrons. The maximum Gasteiger partial charge on any atom is 0.319 e. The van der Waals surface area contributed by atoms with Gasteiger partial charge in [-0.05, 0) is 32.3 Å². The minimum Gasteiger partial charge on any atom is -0.365 e. The summed E-state index contributed by atoms with van der Waals surface area (Å²) in [5, 5.41) is 7.51. The number of fused-ring (bicyclic) bond motifs is 1. The normalized spacial score (nSPS) is 23.1. The molecule has 0 aliphatic carbocycles. The van der Waals surface area contributed by atoms with Crippen LogP contribution in [0.1, 0.15) is 37.6 Å². The molecule has 8 heteroatoms. The van der Waals surface area contributed by atoms with Crippen LogP contribution in [-0.4, -0.2) is 64.4 Å². The molecular formula is C17H27N5O3. The van der Waals surface area contributed by atoms with Crippen molar-refractivity contribution < 1.29 is 14.3 Å². The molecule has 3 amide bonds. The van der Waals surface area contributed by atoms with Gasteiger partial charge in [0.15, 0.2) is 0 Å². The zero-order valence-corrected chi connectivity index (χ0v) is 15.2. The first-order valence-corrected chi connectivity index (χ1v) is 8.83. The van der Waals surface area contributed by atoms with Gasteiger partial charge in [0, 0.05) is 33.8 Å². The van der Waals surface area contributed by atoms with Crippen molar-refractivity contribution in [2.45, 2.75) is 51.4 Å². The molecule has 3 rings (SSSR count). The fraction of sp³-hybridized carbons (Fsp3) is 0.706. The van der Waals surface area contributed by atoms with E-state index in [1.54, 1.807) is 19.0 Å². The van der Waals surface area contributed by atoms with Gasteiger partial charge in [-0.3, -0.25) is 9.48 Å². The molecule has 0 unspecified atom stereocenters. The lowest BCUT2D eigenvalue weighted by molar-refractivity contribution is -0.139. The quantitative estimate of drug-likeness (QED) is 0.881. The highest BCUT2D eigenvalue weighted by Gasteiger charge is 2.37. The number of carbonyl (C=O) groups excluding carboxylic acids is 2. The van der Waals surface area contributed by atoms with E-state index in [4.69, 9.17) is 4.74 Å². The molecule has 138 valence electrons. The van der Waals surface area contributed by atoms with Crippen molar-refractivity contribution in [1.29, 1.82) is 0 Å². The van der Waals surface area contributed by atoms with Crippen LogP contribution in [0.15, 0.2) is 6.07 Å². The van der Waals surface area contributed by atoms with Crippen molar-refractivity contribution >= 4 is 11.9 Å². The van der Waals surface area contributed by atoms with E-state index in [2.05, 4.69) is 10.4 Å². The van der Waals surface area contributed by atoms with Gasteiger partial charge in [-0.2, -0.15) is 5.10 Å². The second-order valence-corrected chi connectivity index (χ2v) is 7.17. The van der Waals surface area contributed by atoms with Gasteiger partial charge in [0.05, 0.1) is 24.5 Å². The van der Waals surface area contributed by atoms with Crippen LogP contribution in [0.5, 0.6) is 0 Å². The maximum atomic E-state index is 12.3. The van der Waals surface area contributed by atoms with E-state index >= 15 is 0 Å². The van der Waals surface area contributed by atoms with Gasteiger partial charge in [0.25, 0.3) is 5.91 Å². The van der Waals surface area contributed by atoms with Crippen LogP contribution in [-0.2, 0) is 29.2 Å². The Balaban J connectivity index is 1.63. The minimum atomic E-state index is -0.717. The molecule has 1 N–H and O–H groups in total. The Labute approximate surface area is 148 Å². The van der Waals surface area contributed by atoms with Gasteiger partial charge in [-0.15, -0.1) is 0 Å². The van der Waals surface area contributed by atoms with E-state index < -0.39 is 5.60 Å². The van der Waals surface area contributed by atoms with Gasteiger partial charge in [-0.1, -0.05) is 0 Å². The summed E-state index contributed by atoms with van der Waals surface area (Å²) in [5.74, 6) is -0.0855. The van der Waals surface area contributed by atoms with Crippen LogP contribution in [0.3, 0.4) is 0 Å². The number of ether oxygens (including phenoxy) is 1. The molecule has 2 aliphatic heterocycles. The largest absolute Gasteiger partial charge is 0.365 e. The lowest BCUT2D eigenvalue weighted by Gasteiger charge is -2.24. The Kier molecular flexibility index (Phi) is 4.99. The third-order valence-corrected chi connectivity index (χ3v) is 4.85. The third kappa shape index (κ3) is 3.78. The molecule has 0 bridgehead atoms.